The number of hydrogen-bond acceptors (Lipinski definition) is 3. The van der Waals surface area contributed by atoms with Crippen LogP contribution in [0.5, 0.6) is 0 Å². The van der Waals surface area contributed by atoms with Gasteiger partial charge < -0.3 is 10.6 Å². The van der Waals surface area contributed by atoms with E-state index in [0.29, 0.717) is 17.5 Å². The highest BCUT2D eigenvalue weighted by molar-refractivity contribution is 6.04. The quantitative estimate of drug-likeness (QED) is 0.768. The number of aryl methyl sites for hydroxylation is 1. The first-order valence-corrected chi connectivity index (χ1v) is 8.88. The van der Waals surface area contributed by atoms with Gasteiger partial charge in [-0.15, -0.1) is 24.8 Å². The number of amides is 1. The van der Waals surface area contributed by atoms with E-state index in [1.165, 1.54) is 5.56 Å². The molecule has 0 radical (unpaired) electrons. The fraction of sp³-hybridized carbons (Fsp3) is 0.500. The molecule has 1 saturated carbocycles. The zero-order valence-electron chi connectivity index (χ0n) is 16.6. The Balaban J connectivity index is 0.00000182. The first-order chi connectivity index (χ1) is 11.7. The Labute approximate surface area is 174 Å². The molecule has 27 heavy (non-hydrogen) atoms. The third-order valence-electron chi connectivity index (χ3n) is 4.75. The second-order valence-electron chi connectivity index (χ2n) is 8.24. The summed E-state index contributed by atoms with van der Waals surface area (Å²) in [6.07, 6.45) is 2.83. The number of aromatic nitrogens is 2. The van der Waals surface area contributed by atoms with Gasteiger partial charge in [0.2, 0.25) is 0 Å². The fourth-order valence-corrected chi connectivity index (χ4v) is 2.95. The van der Waals surface area contributed by atoms with E-state index in [0.717, 1.165) is 24.3 Å². The Morgan fingerprint density at radius 3 is 2.59 bits per heavy atom. The summed E-state index contributed by atoms with van der Waals surface area (Å²) in [4.78, 5) is 12.5. The SMILES string of the molecule is Cc1c(NC(=O)c2cccc([C@@H]3C[C@H]3NCC(C)(C)C)c2)cnn1C.Cl.Cl. The predicted octanol–water partition coefficient (Wildman–Crippen LogP) is 4.32. The first kappa shape index (κ1) is 23.5. The van der Waals surface area contributed by atoms with Gasteiger partial charge in [0.05, 0.1) is 17.6 Å². The number of hydrogen-bond donors (Lipinski definition) is 2. The molecule has 0 spiro atoms. The van der Waals surface area contributed by atoms with Crippen LogP contribution in [0.3, 0.4) is 0 Å². The van der Waals surface area contributed by atoms with Crippen LogP contribution in [0.2, 0.25) is 0 Å². The number of anilines is 1. The highest BCUT2D eigenvalue weighted by Gasteiger charge is 2.38. The van der Waals surface area contributed by atoms with Crippen molar-refractivity contribution in [2.45, 2.75) is 46.1 Å². The Bertz CT molecular complexity index is 783. The molecule has 2 N–H and O–H groups in total. The van der Waals surface area contributed by atoms with Crippen LogP contribution in [0.25, 0.3) is 0 Å². The molecule has 0 saturated heterocycles. The zero-order chi connectivity index (χ0) is 18.2. The van der Waals surface area contributed by atoms with Crippen LogP contribution in [0, 0.1) is 12.3 Å². The van der Waals surface area contributed by atoms with Crippen molar-refractivity contribution < 1.29 is 4.79 Å². The topological polar surface area (TPSA) is 59.0 Å². The van der Waals surface area contributed by atoms with Crippen molar-refractivity contribution in [3.63, 3.8) is 0 Å². The standard InChI is InChI=1S/C20H28N4O.2ClH/c1-13-18(11-22-24(13)5)23-19(25)15-8-6-7-14(9-15)16-10-17(16)21-12-20(2,3)4;;/h6-9,11,16-17,21H,10,12H2,1-5H3,(H,23,25);2*1H/t16-,17+;;/m0../s1. The average molecular weight is 413 g/mol. The van der Waals surface area contributed by atoms with Crippen LogP contribution in [-0.2, 0) is 7.05 Å². The highest BCUT2D eigenvalue weighted by Crippen LogP contribution is 2.41. The second-order valence-corrected chi connectivity index (χ2v) is 8.24. The van der Waals surface area contributed by atoms with Crippen LogP contribution < -0.4 is 10.6 Å². The molecule has 0 unspecified atom stereocenters. The molecule has 0 bridgehead atoms. The number of benzene rings is 1. The lowest BCUT2D eigenvalue weighted by Crippen LogP contribution is -2.29. The van der Waals surface area contributed by atoms with Crippen molar-refractivity contribution in [3.8, 4) is 0 Å². The summed E-state index contributed by atoms with van der Waals surface area (Å²) in [5, 5.41) is 10.7. The van der Waals surface area contributed by atoms with Gasteiger partial charge in [0.1, 0.15) is 0 Å². The van der Waals surface area contributed by atoms with Crippen molar-refractivity contribution in [3.05, 3.63) is 47.3 Å². The lowest BCUT2D eigenvalue weighted by molar-refractivity contribution is 0.102. The molecule has 3 rings (SSSR count). The summed E-state index contributed by atoms with van der Waals surface area (Å²) in [7, 11) is 1.86. The van der Waals surface area contributed by atoms with Gasteiger partial charge in [0.15, 0.2) is 0 Å². The maximum absolute atomic E-state index is 12.5. The molecular weight excluding hydrogens is 383 g/mol. The number of carbonyl (C=O) groups is 1. The smallest absolute Gasteiger partial charge is 0.255 e. The van der Waals surface area contributed by atoms with Crippen molar-refractivity contribution in [2.24, 2.45) is 12.5 Å². The molecule has 1 aliphatic carbocycles. The maximum Gasteiger partial charge on any atom is 0.255 e. The van der Waals surface area contributed by atoms with Crippen LogP contribution >= 0.6 is 24.8 Å². The summed E-state index contributed by atoms with van der Waals surface area (Å²) in [6.45, 7) is 9.66. The number of nitrogens with one attached hydrogen (secondary N) is 2. The van der Waals surface area contributed by atoms with Crippen molar-refractivity contribution in [2.75, 3.05) is 11.9 Å². The fourth-order valence-electron chi connectivity index (χ4n) is 2.95. The minimum atomic E-state index is -0.0854. The van der Waals surface area contributed by atoms with Gasteiger partial charge in [-0.2, -0.15) is 5.10 Å². The molecule has 2 aromatic rings. The Morgan fingerprint density at radius 2 is 2.00 bits per heavy atom. The van der Waals surface area contributed by atoms with E-state index in [4.69, 9.17) is 0 Å². The summed E-state index contributed by atoms with van der Waals surface area (Å²) in [6, 6.07) is 8.50. The molecule has 2 atom stereocenters. The van der Waals surface area contributed by atoms with Crippen molar-refractivity contribution in [1.29, 1.82) is 0 Å². The minimum Gasteiger partial charge on any atom is -0.319 e. The Hall–Kier alpha value is -1.56. The van der Waals surface area contributed by atoms with Crippen LogP contribution in [0.15, 0.2) is 30.5 Å². The monoisotopic (exact) mass is 412 g/mol. The highest BCUT2D eigenvalue weighted by atomic mass is 35.5. The molecule has 0 aliphatic heterocycles. The molecule has 1 heterocycles. The lowest BCUT2D eigenvalue weighted by atomic mass is 9.97. The normalized spacial score (nSPS) is 18.3. The van der Waals surface area contributed by atoms with E-state index < -0.39 is 0 Å². The van der Waals surface area contributed by atoms with Crippen LogP contribution in [0.4, 0.5) is 5.69 Å². The summed E-state index contributed by atoms with van der Waals surface area (Å²) < 4.78 is 1.75. The molecule has 1 aliphatic rings. The van der Waals surface area contributed by atoms with Gasteiger partial charge in [-0.1, -0.05) is 32.9 Å². The molecule has 5 nitrogen and oxygen atoms in total. The second kappa shape index (κ2) is 9.09. The molecule has 1 aromatic heterocycles. The van der Waals surface area contributed by atoms with E-state index >= 15 is 0 Å². The molecular formula is C20H30Cl2N4O. The molecule has 1 aromatic carbocycles. The van der Waals surface area contributed by atoms with Gasteiger partial charge in [0, 0.05) is 31.1 Å². The van der Waals surface area contributed by atoms with Gasteiger partial charge >= 0.3 is 0 Å². The summed E-state index contributed by atoms with van der Waals surface area (Å²) in [5.74, 6) is 0.424. The zero-order valence-corrected chi connectivity index (χ0v) is 18.2. The summed E-state index contributed by atoms with van der Waals surface area (Å²) >= 11 is 0. The van der Waals surface area contributed by atoms with Crippen molar-refractivity contribution in [1.82, 2.24) is 15.1 Å². The number of rotatable bonds is 5. The summed E-state index contributed by atoms with van der Waals surface area (Å²) in [5.41, 5.74) is 3.92. The lowest BCUT2D eigenvalue weighted by Gasteiger charge is -2.18. The average Bonchev–Trinajstić information content (AvgIpc) is 3.28. The largest absolute Gasteiger partial charge is 0.319 e. The maximum atomic E-state index is 12.5. The Kier molecular flexibility index (Phi) is 7.90. The van der Waals surface area contributed by atoms with E-state index in [2.05, 4.69) is 42.6 Å². The first-order valence-electron chi connectivity index (χ1n) is 8.88. The van der Waals surface area contributed by atoms with Crippen molar-refractivity contribution >= 4 is 36.4 Å². The van der Waals surface area contributed by atoms with Gasteiger partial charge in [-0.25, -0.2) is 0 Å². The van der Waals surface area contributed by atoms with E-state index in [-0.39, 0.29) is 36.1 Å². The van der Waals surface area contributed by atoms with Gasteiger partial charge in [0.25, 0.3) is 5.91 Å². The minimum absolute atomic E-state index is 0. The van der Waals surface area contributed by atoms with Gasteiger partial charge in [-0.3, -0.25) is 9.48 Å². The van der Waals surface area contributed by atoms with Crippen LogP contribution in [-0.4, -0.2) is 28.3 Å². The third kappa shape index (κ3) is 5.96. The third-order valence-corrected chi connectivity index (χ3v) is 4.75. The van der Waals surface area contributed by atoms with Gasteiger partial charge in [-0.05, 0) is 36.5 Å². The van der Waals surface area contributed by atoms with Crippen LogP contribution in [0.1, 0.15) is 54.7 Å². The van der Waals surface area contributed by atoms with E-state index in [1.807, 2.05) is 32.2 Å². The number of halogens is 2. The molecule has 1 fully saturated rings. The molecule has 1 amide bonds. The Morgan fingerprint density at radius 1 is 1.30 bits per heavy atom. The number of carbonyl (C=O) groups excluding carboxylic acids is 1. The number of nitrogens with zero attached hydrogens (tertiary/aromatic N) is 2. The molecule has 7 heteroatoms. The van der Waals surface area contributed by atoms with E-state index in [1.54, 1.807) is 10.9 Å². The molecule has 150 valence electrons. The van der Waals surface area contributed by atoms with E-state index in [9.17, 15) is 4.79 Å². The predicted molar refractivity (Wildman–Crippen MR) is 115 cm³/mol.